The van der Waals surface area contributed by atoms with Gasteiger partial charge in [-0.1, -0.05) is 143 Å². The van der Waals surface area contributed by atoms with Gasteiger partial charge in [-0.15, -0.1) is 0 Å². The molecule has 2 aromatic heterocycles. The van der Waals surface area contributed by atoms with Gasteiger partial charge in [-0.2, -0.15) is 9.13 Å². The average Bonchev–Trinajstić information content (AvgIpc) is 3.78. The second kappa shape index (κ2) is 16.4. The molecule has 0 unspecified atom stereocenters. The number of rotatable bonds is 9. The Labute approximate surface area is 378 Å². The highest BCUT2D eigenvalue weighted by Crippen LogP contribution is 2.41. The number of aryl methyl sites for hydroxylation is 4. The standard InChI is InChI=1S/C60H56N4/c1-39(2)52-36-48(44-22-13-10-14-23-44)37-53(40(3)4)58(52)64-57-38-47(30-34-55(57)62(8)60(64)50-24-16-15-19-41(50)5)46-29-33-51(42(6)35-46)59-61(7)54-25-17-18-26-56(54)63(59)49-31-27-45(28-32-49)43-20-11-9-12-21-43/h9-40H,1-8H3/q+2. The van der Waals surface area contributed by atoms with Crippen LogP contribution in [-0.2, 0) is 14.1 Å². The fourth-order valence-corrected chi connectivity index (χ4v) is 9.92. The maximum Gasteiger partial charge on any atom is 0.295 e. The van der Waals surface area contributed by atoms with Gasteiger partial charge in [-0.05, 0) is 137 Å². The van der Waals surface area contributed by atoms with Gasteiger partial charge >= 0.3 is 0 Å². The lowest BCUT2D eigenvalue weighted by Gasteiger charge is -2.21. The van der Waals surface area contributed by atoms with E-state index in [1.165, 1.54) is 100 Å². The number of imidazole rings is 2. The SMILES string of the molecule is Cc1cc(-c2ccc3c(c2)n(-c2c(C(C)C)cc(-c4ccccc4)cc2C(C)C)c(-c2ccccc2C)[n+]3C)ccc1-c1n(-c2ccc(-c3ccccc3)cc2)c2ccccc2[n+]1C. The lowest BCUT2D eigenvalue weighted by Crippen LogP contribution is -2.30. The van der Waals surface area contributed by atoms with Gasteiger partial charge in [-0.25, -0.2) is 9.13 Å². The average molecular weight is 833 g/mol. The first-order chi connectivity index (χ1) is 31.1. The Balaban J connectivity index is 1.16. The molecule has 0 aliphatic rings. The van der Waals surface area contributed by atoms with Crippen molar-refractivity contribution in [3.8, 4) is 67.5 Å². The summed E-state index contributed by atoms with van der Waals surface area (Å²) in [6, 6.07) is 66.9. The molecule has 0 saturated carbocycles. The lowest BCUT2D eigenvalue weighted by atomic mass is 9.88. The molecule has 0 spiro atoms. The Hall–Kier alpha value is -7.30. The van der Waals surface area contributed by atoms with Gasteiger partial charge < -0.3 is 0 Å². The van der Waals surface area contributed by atoms with Crippen LogP contribution in [0.1, 0.15) is 61.8 Å². The predicted octanol–water partition coefficient (Wildman–Crippen LogP) is 14.4. The molecule has 314 valence electrons. The first-order valence-corrected chi connectivity index (χ1v) is 22.7. The molecule has 4 nitrogen and oxygen atoms in total. The van der Waals surface area contributed by atoms with Crippen molar-refractivity contribution in [3.05, 3.63) is 204 Å². The number of hydrogen-bond donors (Lipinski definition) is 0. The molecule has 0 saturated heterocycles. The van der Waals surface area contributed by atoms with Crippen LogP contribution in [-0.4, -0.2) is 9.13 Å². The molecule has 0 aliphatic carbocycles. The molecular formula is C60H56N4+2. The van der Waals surface area contributed by atoms with E-state index in [1.54, 1.807) is 0 Å². The molecule has 0 radical (unpaired) electrons. The molecule has 0 atom stereocenters. The van der Waals surface area contributed by atoms with Crippen molar-refractivity contribution in [3.63, 3.8) is 0 Å². The highest BCUT2D eigenvalue weighted by molar-refractivity contribution is 5.87. The van der Waals surface area contributed by atoms with E-state index >= 15 is 0 Å². The van der Waals surface area contributed by atoms with Crippen molar-refractivity contribution in [1.29, 1.82) is 0 Å². The van der Waals surface area contributed by atoms with Crippen molar-refractivity contribution >= 4 is 22.1 Å². The van der Waals surface area contributed by atoms with Crippen molar-refractivity contribution < 1.29 is 9.13 Å². The molecule has 0 aliphatic heterocycles. The van der Waals surface area contributed by atoms with Crippen molar-refractivity contribution in [2.75, 3.05) is 0 Å². The van der Waals surface area contributed by atoms with Crippen LogP contribution in [0.3, 0.4) is 0 Å². The summed E-state index contributed by atoms with van der Waals surface area (Å²) in [5.74, 6) is 2.92. The fraction of sp³-hybridized carbons (Fsp3) is 0.167. The Bertz CT molecular complexity index is 3320. The van der Waals surface area contributed by atoms with Crippen LogP contribution < -0.4 is 9.13 Å². The van der Waals surface area contributed by atoms with Crippen molar-refractivity contribution in [2.45, 2.75) is 53.4 Å². The van der Waals surface area contributed by atoms with Crippen LogP contribution in [0.2, 0.25) is 0 Å². The molecule has 0 bridgehead atoms. The molecule has 10 rings (SSSR count). The number of benzene rings is 8. The molecule has 8 aromatic carbocycles. The second-order valence-electron chi connectivity index (χ2n) is 18.1. The monoisotopic (exact) mass is 832 g/mol. The van der Waals surface area contributed by atoms with Gasteiger partial charge in [0.25, 0.3) is 11.6 Å². The Kier molecular flexibility index (Phi) is 10.5. The van der Waals surface area contributed by atoms with Gasteiger partial charge in [-0.3, -0.25) is 0 Å². The van der Waals surface area contributed by atoms with E-state index in [0.717, 1.165) is 11.5 Å². The molecule has 64 heavy (non-hydrogen) atoms. The van der Waals surface area contributed by atoms with Gasteiger partial charge in [0.15, 0.2) is 22.1 Å². The maximum absolute atomic E-state index is 2.59. The van der Waals surface area contributed by atoms with Crippen LogP contribution in [0.25, 0.3) is 89.6 Å². The van der Waals surface area contributed by atoms with Crippen LogP contribution in [0.5, 0.6) is 0 Å². The van der Waals surface area contributed by atoms with E-state index in [4.69, 9.17) is 0 Å². The minimum Gasteiger partial charge on any atom is -0.225 e. The summed E-state index contributed by atoms with van der Waals surface area (Å²) in [5, 5.41) is 0. The van der Waals surface area contributed by atoms with Gasteiger partial charge in [0.2, 0.25) is 0 Å². The fourth-order valence-electron chi connectivity index (χ4n) is 9.92. The Morgan fingerprint density at radius 2 is 0.859 bits per heavy atom. The van der Waals surface area contributed by atoms with E-state index in [-0.39, 0.29) is 0 Å². The van der Waals surface area contributed by atoms with Crippen LogP contribution in [0.15, 0.2) is 182 Å². The zero-order valence-electron chi connectivity index (χ0n) is 38.3. The summed E-state index contributed by atoms with van der Waals surface area (Å²) in [5.41, 5.74) is 22.1. The van der Waals surface area contributed by atoms with Gasteiger partial charge in [0.1, 0.15) is 11.4 Å². The van der Waals surface area contributed by atoms with E-state index in [9.17, 15) is 0 Å². The highest BCUT2D eigenvalue weighted by atomic mass is 15.2. The molecule has 0 N–H and O–H groups in total. The Morgan fingerprint density at radius 1 is 0.375 bits per heavy atom. The third kappa shape index (κ3) is 6.95. The quantitative estimate of drug-likeness (QED) is 0.129. The smallest absolute Gasteiger partial charge is 0.225 e. The van der Waals surface area contributed by atoms with Crippen LogP contribution in [0.4, 0.5) is 0 Å². The van der Waals surface area contributed by atoms with E-state index < -0.39 is 0 Å². The third-order valence-corrected chi connectivity index (χ3v) is 13.3. The van der Waals surface area contributed by atoms with Gasteiger partial charge in [0.05, 0.1) is 25.2 Å². The molecular weight excluding hydrogens is 777 g/mol. The van der Waals surface area contributed by atoms with Crippen molar-refractivity contribution in [1.82, 2.24) is 9.13 Å². The topological polar surface area (TPSA) is 17.6 Å². The summed E-state index contributed by atoms with van der Waals surface area (Å²) < 4.78 is 9.75. The molecule has 0 amide bonds. The van der Waals surface area contributed by atoms with Crippen LogP contribution in [0, 0.1) is 13.8 Å². The largest absolute Gasteiger partial charge is 0.295 e. The zero-order valence-corrected chi connectivity index (χ0v) is 38.3. The third-order valence-electron chi connectivity index (χ3n) is 13.3. The number of para-hydroxylation sites is 2. The number of hydrogen-bond acceptors (Lipinski definition) is 0. The summed E-state index contributed by atoms with van der Waals surface area (Å²) in [6.07, 6.45) is 0. The highest BCUT2D eigenvalue weighted by Gasteiger charge is 2.33. The predicted molar refractivity (Wildman–Crippen MR) is 267 cm³/mol. The summed E-state index contributed by atoms with van der Waals surface area (Å²) in [6.45, 7) is 13.8. The van der Waals surface area contributed by atoms with E-state index in [1.807, 2.05) is 0 Å². The summed E-state index contributed by atoms with van der Waals surface area (Å²) in [4.78, 5) is 0. The zero-order chi connectivity index (χ0) is 44.2. The Morgan fingerprint density at radius 3 is 1.48 bits per heavy atom. The first kappa shape index (κ1) is 40.8. The molecule has 2 heterocycles. The molecule has 4 heteroatoms. The molecule has 10 aromatic rings. The maximum atomic E-state index is 2.59. The number of aromatic nitrogens is 4. The van der Waals surface area contributed by atoms with Crippen molar-refractivity contribution in [2.24, 2.45) is 14.1 Å². The minimum absolute atomic E-state index is 0.292. The van der Waals surface area contributed by atoms with E-state index in [2.05, 4.69) is 256 Å². The lowest BCUT2D eigenvalue weighted by molar-refractivity contribution is -0.634. The van der Waals surface area contributed by atoms with E-state index in [0.29, 0.717) is 11.8 Å². The van der Waals surface area contributed by atoms with Gasteiger partial charge in [0, 0.05) is 11.1 Å². The number of fused-ring (bicyclic) bond motifs is 2. The number of nitrogens with zero attached hydrogens (tertiary/aromatic N) is 4. The normalized spacial score (nSPS) is 11.7. The summed E-state index contributed by atoms with van der Waals surface area (Å²) in [7, 11) is 4.42. The summed E-state index contributed by atoms with van der Waals surface area (Å²) >= 11 is 0. The second-order valence-corrected chi connectivity index (χ2v) is 18.1. The van der Waals surface area contributed by atoms with Crippen LogP contribution >= 0.6 is 0 Å². The first-order valence-electron chi connectivity index (χ1n) is 22.7. The molecule has 0 fully saturated rings. The minimum atomic E-state index is 0.292.